The molecule has 21 heavy (non-hydrogen) atoms. The van der Waals surface area contributed by atoms with Gasteiger partial charge in [-0.05, 0) is 24.6 Å². The van der Waals surface area contributed by atoms with Gasteiger partial charge in [-0.2, -0.15) is 10.1 Å². The molecule has 0 fully saturated rings. The van der Waals surface area contributed by atoms with Crippen molar-refractivity contribution in [3.63, 3.8) is 0 Å². The highest BCUT2D eigenvalue weighted by Gasteiger charge is 2.04. The van der Waals surface area contributed by atoms with E-state index in [-0.39, 0.29) is 17.5 Å². The lowest BCUT2D eigenvalue weighted by molar-refractivity contribution is 0.995. The fourth-order valence-electron chi connectivity index (χ4n) is 1.68. The first-order valence-electron chi connectivity index (χ1n) is 6.06. The molecule has 0 radical (unpaired) electrons. The SMILES string of the molecule is Cc1ccc(-c2ccc(=O)[nH]n2)cc1N=C(N)N=C(N)N. The topological polar surface area (TPSA) is 149 Å². The maximum atomic E-state index is 11.0. The standard InChI is InChI=1S/C13H15N7O/c1-7-2-3-8(9-4-5-11(21)20-19-9)6-10(7)17-13(16)18-12(14)15/h2-6H,1H3,(H,20,21)(H6,14,15,16,17,18). The van der Waals surface area contributed by atoms with Crippen LogP contribution >= 0.6 is 0 Å². The van der Waals surface area contributed by atoms with Crippen LogP contribution in [-0.2, 0) is 0 Å². The van der Waals surface area contributed by atoms with Crippen LogP contribution in [-0.4, -0.2) is 22.1 Å². The van der Waals surface area contributed by atoms with Crippen LogP contribution in [0.25, 0.3) is 11.3 Å². The van der Waals surface area contributed by atoms with Crippen molar-refractivity contribution in [2.24, 2.45) is 27.2 Å². The van der Waals surface area contributed by atoms with Crippen LogP contribution in [0.15, 0.2) is 45.1 Å². The van der Waals surface area contributed by atoms with Crippen LogP contribution in [0.1, 0.15) is 5.56 Å². The summed E-state index contributed by atoms with van der Waals surface area (Å²) < 4.78 is 0. The second kappa shape index (κ2) is 5.87. The fraction of sp³-hybridized carbons (Fsp3) is 0.0769. The van der Waals surface area contributed by atoms with E-state index in [1.165, 1.54) is 6.07 Å². The average Bonchev–Trinajstić information content (AvgIpc) is 2.41. The van der Waals surface area contributed by atoms with E-state index in [2.05, 4.69) is 20.2 Å². The average molecular weight is 285 g/mol. The summed E-state index contributed by atoms with van der Waals surface area (Å²) >= 11 is 0. The normalized spacial score (nSPS) is 11.2. The van der Waals surface area contributed by atoms with E-state index in [0.29, 0.717) is 11.4 Å². The molecule has 2 aromatic rings. The predicted octanol–water partition coefficient (Wildman–Crippen LogP) is -0.0351. The number of hydrogen-bond acceptors (Lipinski definition) is 3. The molecule has 1 heterocycles. The monoisotopic (exact) mass is 285 g/mol. The fourth-order valence-corrected chi connectivity index (χ4v) is 1.68. The number of aromatic nitrogens is 2. The molecule has 0 unspecified atom stereocenters. The van der Waals surface area contributed by atoms with Crippen molar-refractivity contribution in [1.29, 1.82) is 0 Å². The summed E-state index contributed by atoms with van der Waals surface area (Å²) in [5, 5.41) is 6.34. The lowest BCUT2D eigenvalue weighted by atomic mass is 10.1. The third-order valence-electron chi connectivity index (χ3n) is 2.66. The Morgan fingerprint density at radius 3 is 2.57 bits per heavy atom. The van der Waals surface area contributed by atoms with Gasteiger partial charge in [-0.3, -0.25) is 4.79 Å². The van der Waals surface area contributed by atoms with E-state index < -0.39 is 0 Å². The summed E-state index contributed by atoms with van der Waals surface area (Å²) in [6.07, 6.45) is 0. The minimum absolute atomic E-state index is 0.0373. The third-order valence-corrected chi connectivity index (χ3v) is 2.66. The first-order chi connectivity index (χ1) is 9.95. The smallest absolute Gasteiger partial charge is 0.264 e. The molecule has 0 amide bonds. The summed E-state index contributed by atoms with van der Waals surface area (Å²) in [6, 6.07) is 8.54. The number of aromatic amines is 1. The molecule has 1 aromatic heterocycles. The van der Waals surface area contributed by atoms with Crippen LogP contribution in [0.3, 0.4) is 0 Å². The maximum absolute atomic E-state index is 11.0. The van der Waals surface area contributed by atoms with Crippen molar-refractivity contribution in [3.05, 3.63) is 46.2 Å². The summed E-state index contributed by atoms with van der Waals surface area (Å²) in [5.74, 6) is -0.197. The van der Waals surface area contributed by atoms with Crippen molar-refractivity contribution in [2.75, 3.05) is 0 Å². The Labute approximate surface area is 120 Å². The number of guanidine groups is 2. The third kappa shape index (κ3) is 3.66. The van der Waals surface area contributed by atoms with Gasteiger partial charge in [0, 0.05) is 11.6 Å². The molecular formula is C13H15N7O. The van der Waals surface area contributed by atoms with Gasteiger partial charge >= 0.3 is 0 Å². The lowest BCUT2D eigenvalue weighted by Gasteiger charge is -2.05. The highest BCUT2D eigenvalue weighted by molar-refractivity contribution is 5.93. The van der Waals surface area contributed by atoms with Crippen LogP contribution in [0, 0.1) is 6.92 Å². The molecule has 0 aliphatic heterocycles. The second-order valence-electron chi connectivity index (χ2n) is 4.31. The molecule has 0 atom stereocenters. The number of aliphatic imine (C=N–C) groups is 2. The van der Waals surface area contributed by atoms with Crippen molar-refractivity contribution in [1.82, 2.24) is 10.2 Å². The van der Waals surface area contributed by atoms with Crippen molar-refractivity contribution < 1.29 is 0 Å². The predicted molar refractivity (Wildman–Crippen MR) is 82.1 cm³/mol. The molecule has 108 valence electrons. The van der Waals surface area contributed by atoms with Gasteiger partial charge in [-0.15, -0.1) is 0 Å². The van der Waals surface area contributed by atoms with Gasteiger partial charge in [0.1, 0.15) is 0 Å². The molecule has 0 aliphatic carbocycles. The number of rotatable bonds is 2. The molecule has 0 spiro atoms. The summed E-state index contributed by atoms with van der Waals surface area (Å²) in [6.45, 7) is 1.88. The Hall–Kier alpha value is -3.16. The van der Waals surface area contributed by atoms with Crippen LogP contribution < -0.4 is 22.8 Å². The second-order valence-corrected chi connectivity index (χ2v) is 4.31. The molecule has 0 saturated carbocycles. The van der Waals surface area contributed by atoms with Crippen molar-refractivity contribution >= 4 is 17.6 Å². The number of hydrogen-bond donors (Lipinski definition) is 4. The molecule has 7 N–H and O–H groups in total. The molecule has 0 bridgehead atoms. The van der Waals surface area contributed by atoms with Gasteiger partial charge in [-0.25, -0.2) is 10.1 Å². The van der Waals surface area contributed by atoms with E-state index in [1.807, 2.05) is 19.1 Å². The van der Waals surface area contributed by atoms with Gasteiger partial charge < -0.3 is 17.2 Å². The van der Waals surface area contributed by atoms with E-state index in [0.717, 1.165) is 11.1 Å². The van der Waals surface area contributed by atoms with Gasteiger partial charge in [-0.1, -0.05) is 12.1 Å². The maximum Gasteiger partial charge on any atom is 0.264 e. The molecule has 8 nitrogen and oxygen atoms in total. The van der Waals surface area contributed by atoms with Crippen LogP contribution in [0.4, 0.5) is 5.69 Å². The lowest BCUT2D eigenvalue weighted by Crippen LogP contribution is -2.26. The minimum atomic E-state index is -0.263. The molecule has 1 aromatic carbocycles. The Morgan fingerprint density at radius 1 is 1.19 bits per heavy atom. The first kappa shape index (κ1) is 14.3. The first-order valence-corrected chi connectivity index (χ1v) is 6.06. The zero-order valence-corrected chi connectivity index (χ0v) is 11.4. The van der Waals surface area contributed by atoms with E-state index in [4.69, 9.17) is 17.2 Å². The number of nitrogens with zero attached hydrogens (tertiary/aromatic N) is 3. The Bertz CT molecular complexity index is 752. The summed E-state index contributed by atoms with van der Waals surface area (Å²) in [5.41, 5.74) is 18.8. The molecule has 0 saturated heterocycles. The van der Waals surface area contributed by atoms with Gasteiger partial charge in [0.25, 0.3) is 5.56 Å². The number of nitrogens with two attached hydrogens (primary N) is 3. The Morgan fingerprint density at radius 2 is 1.95 bits per heavy atom. The zero-order valence-electron chi connectivity index (χ0n) is 11.4. The van der Waals surface area contributed by atoms with E-state index in [9.17, 15) is 4.79 Å². The van der Waals surface area contributed by atoms with Crippen LogP contribution in [0.2, 0.25) is 0 Å². The summed E-state index contributed by atoms with van der Waals surface area (Å²) in [7, 11) is 0. The highest BCUT2D eigenvalue weighted by atomic mass is 16.1. The molecular weight excluding hydrogens is 270 g/mol. The minimum Gasteiger partial charge on any atom is -0.370 e. The van der Waals surface area contributed by atoms with Crippen molar-refractivity contribution in [2.45, 2.75) is 6.92 Å². The van der Waals surface area contributed by atoms with E-state index in [1.54, 1.807) is 12.1 Å². The van der Waals surface area contributed by atoms with E-state index >= 15 is 0 Å². The number of aryl methyl sites for hydroxylation is 1. The molecule has 0 aliphatic rings. The highest BCUT2D eigenvalue weighted by Crippen LogP contribution is 2.25. The summed E-state index contributed by atoms with van der Waals surface area (Å²) in [4.78, 5) is 18.8. The van der Waals surface area contributed by atoms with Gasteiger partial charge in [0.15, 0.2) is 5.96 Å². The largest absolute Gasteiger partial charge is 0.370 e. The Kier molecular flexibility index (Phi) is 3.98. The van der Waals surface area contributed by atoms with Crippen molar-refractivity contribution in [3.8, 4) is 11.3 Å². The number of H-pyrrole nitrogens is 1. The molecule has 2 rings (SSSR count). The molecule has 8 heteroatoms. The van der Waals surface area contributed by atoms with Gasteiger partial charge in [0.2, 0.25) is 5.96 Å². The number of nitrogens with one attached hydrogen (secondary N) is 1. The number of benzene rings is 1. The quantitative estimate of drug-likeness (QED) is 0.451. The van der Waals surface area contributed by atoms with Crippen LogP contribution in [0.5, 0.6) is 0 Å². The Balaban J connectivity index is 2.44. The zero-order chi connectivity index (χ0) is 15.4. The van der Waals surface area contributed by atoms with Gasteiger partial charge in [0.05, 0.1) is 11.4 Å².